The highest BCUT2D eigenvalue weighted by Crippen LogP contribution is 2.29. The minimum absolute atomic E-state index is 0.203. The third-order valence-electron chi connectivity index (χ3n) is 3.99. The molecule has 1 unspecified atom stereocenters. The van der Waals surface area contributed by atoms with Crippen LogP contribution in [0.25, 0.3) is 5.69 Å². The van der Waals surface area contributed by atoms with Gasteiger partial charge in [-0.05, 0) is 60.1 Å². The molecule has 1 amide bonds. The standard InChI is InChI=1S/C19H18ClN3O4S/c1-11-4-5-13(10-16(11)20)21-17(24)12(2)28-18-19(25)27-22-23(18)14-6-8-15(26-3)9-7-14/h4-10,12H,1-3H3,(H-,21,22,24,25). The number of thioether (sulfide) groups is 1. The minimum atomic E-state index is -0.612. The number of nitrogens with zero attached hydrogens (tertiary/aromatic N) is 2. The molecule has 0 saturated heterocycles. The summed E-state index contributed by atoms with van der Waals surface area (Å²) in [5.74, 6) is -0.209. The number of ether oxygens (including phenoxy) is 1. The third kappa shape index (κ3) is 4.40. The number of nitrogens with one attached hydrogen (secondary N) is 1. The van der Waals surface area contributed by atoms with Crippen molar-refractivity contribution in [3.8, 4) is 17.4 Å². The fourth-order valence-corrected chi connectivity index (χ4v) is 3.42. The van der Waals surface area contributed by atoms with Crippen LogP contribution in [0.5, 0.6) is 11.7 Å². The van der Waals surface area contributed by atoms with E-state index in [2.05, 4.69) is 10.6 Å². The van der Waals surface area contributed by atoms with Gasteiger partial charge in [-0.25, -0.2) is 0 Å². The van der Waals surface area contributed by atoms with Gasteiger partial charge in [0.1, 0.15) is 5.75 Å². The summed E-state index contributed by atoms with van der Waals surface area (Å²) in [5, 5.41) is 18.9. The summed E-state index contributed by atoms with van der Waals surface area (Å²) in [6.45, 7) is 3.58. The summed E-state index contributed by atoms with van der Waals surface area (Å²) in [6.07, 6.45) is 0. The first kappa shape index (κ1) is 20.0. The second-order valence-electron chi connectivity index (χ2n) is 5.99. The lowest BCUT2D eigenvalue weighted by Gasteiger charge is -2.11. The maximum atomic E-state index is 12.5. The van der Waals surface area contributed by atoms with Crippen LogP contribution in [0.3, 0.4) is 0 Å². The van der Waals surface area contributed by atoms with Crippen LogP contribution < -0.4 is 19.8 Å². The van der Waals surface area contributed by atoms with Crippen LogP contribution in [0.15, 0.2) is 52.0 Å². The zero-order valence-corrected chi connectivity index (χ0v) is 17.0. The van der Waals surface area contributed by atoms with E-state index in [1.165, 1.54) is 4.68 Å². The van der Waals surface area contributed by atoms with Crippen LogP contribution in [0.1, 0.15) is 12.5 Å². The van der Waals surface area contributed by atoms with Gasteiger partial charge in [-0.15, -0.1) is 0 Å². The fourth-order valence-electron chi connectivity index (χ4n) is 2.36. The zero-order valence-electron chi connectivity index (χ0n) is 15.4. The molecular formula is C19H18ClN3O4S. The van der Waals surface area contributed by atoms with Crippen LogP contribution >= 0.6 is 23.4 Å². The molecule has 9 heteroatoms. The van der Waals surface area contributed by atoms with Gasteiger partial charge in [0.05, 0.1) is 17.6 Å². The molecule has 0 saturated carbocycles. The highest BCUT2D eigenvalue weighted by Gasteiger charge is 2.26. The van der Waals surface area contributed by atoms with Gasteiger partial charge in [0.25, 0.3) is 5.03 Å². The van der Waals surface area contributed by atoms with E-state index < -0.39 is 11.2 Å². The van der Waals surface area contributed by atoms with E-state index >= 15 is 0 Å². The number of carbonyl (C=O) groups is 1. The average molecular weight is 420 g/mol. The first-order valence-corrected chi connectivity index (χ1v) is 9.62. The molecule has 7 nitrogen and oxygen atoms in total. The van der Waals surface area contributed by atoms with Crippen molar-refractivity contribution >= 4 is 35.0 Å². The predicted octanol–water partition coefficient (Wildman–Crippen LogP) is 3.11. The van der Waals surface area contributed by atoms with Crippen molar-refractivity contribution in [2.75, 3.05) is 12.4 Å². The predicted molar refractivity (Wildman–Crippen MR) is 104 cm³/mol. The number of benzene rings is 2. The van der Waals surface area contributed by atoms with Gasteiger partial charge in [-0.3, -0.25) is 4.79 Å². The first-order valence-electron chi connectivity index (χ1n) is 8.36. The molecule has 1 heterocycles. The molecule has 2 aromatic carbocycles. The number of carbonyl (C=O) groups excluding carboxylic acids is 1. The van der Waals surface area contributed by atoms with Gasteiger partial charge >= 0.3 is 0 Å². The molecule has 1 N–H and O–H groups in total. The molecule has 1 atom stereocenters. The molecule has 1 aromatic heterocycles. The maximum absolute atomic E-state index is 12.5. The van der Waals surface area contributed by atoms with Crippen molar-refractivity contribution < 1.29 is 23.8 Å². The SMILES string of the molecule is COc1ccc(-[n+]2noc([O-])c2SC(C)C(=O)Nc2ccc(C)c(Cl)c2)cc1. The summed E-state index contributed by atoms with van der Waals surface area (Å²) in [5.41, 5.74) is 2.12. The number of hydrogen-bond acceptors (Lipinski definition) is 6. The Hall–Kier alpha value is -2.71. The van der Waals surface area contributed by atoms with Gasteiger partial charge in [0.2, 0.25) is 11.6 Å². The number of methoxy groups -OCH3 is 1. The Morgan fingerprint density at radius 1 is 1.32 bits per heavy atom. The molecule has 0 aliphatic carbocycles. The van der Waals surface area contributed by atoms with Crippen LogP contribution in [-0.2, 0) is 4.79 Å². The second kappa shape index (κ2) is 8.53. The van der Waals surface area contributed by atoms with Crippen molar-refractivity contribution in [2.45, 2.75) is 24.1 Å². The molecule has 0 aliphatic rings. The molecule has 0 fully saturated rings. The molecule has 0 radical (unpaired) electrons. The molecule has 3 rings (SSSR count). The van der Waals surface area contributed by atoms with Gasteiger partial charge in [0.15, 0.2) is 5.95 Å². The van der Waals surface area contributed by atoms with E-state index in [0.717, 1.165) is 17.3 Å². The number of aryl methyl sites for hydroxylation is 1. The highest BCUT2D eigenvalue weighted by molar-refractivity contribution is 8.00. The Morgan fingerprint density at radius 3 is 2.68 bits per heavy atom. The number of aromatic nitrogens is 2. The number of hydrogen-bond donors (Lipinski definition) is 1. The first-order chi connectivity index (χ1) is 13.4. The molecule has 0 bridgehead atoms. The Kier molecular flexibility index (Phi) is 6.11. The summed E-state index contributed by atoms with van der Waals surface area (Å²) in [6, 6.07) is 12.2. The molecule has 146 valence electrons. The van der Waals surface area contributed by atoms with E-state index in [0.29, 0.717) is 22.1 Å². The number of rotatable bonds is 6. The number of anilines is 1. The van der Waals surface area contributed by atoms with Crippen molar-refractivity contribution in [1.82, 2.24) is 5.27 Å². The Morgan fingerprint density at radius 2 is 2.04 bits per heavy atom. The average Bonchev–Trinajstić information content (AvgIpc) is 3.05. The maximum Gasteiger partial charge on any atom is 0.298 e. The van der Waals surface area contributed by atoms with E-state index in [4.69, 9.17) is 20.9 Å². The summed E-state index contributed by atoms with van der Waals surface area (Å²) < 4.78 is 11.3. The Labute approximate surface area is 171 Å². The third-order valence-corrected chi connectivity index (χ3v) is 5.52. The van der Waals surface area contributed by atoms with Gasteiger partial charge in [-0.2, -0.15) is 0 Å². The second-order valence-corrected chi connectivity index (χ2v) is 7.73. The lowest BCUT2D eigenvalue weighted by Crippen LogP contribution is -2.36. The van der Waals surface area contributed by atoms with E-state index in [-0.39, 0.29) is 10.9 Å². The normalized spacial score (nSPS) is 11.9. The fraction of sp³-hybridized carbons (Fsp3) is 0.211. The highest BCUT2D eigenvalue weighted by atomic mass is 35.5. The molecular weight excluding hydrogens is 402 g/mol. The minimum Gasteiger partial charge on any atom is -0.538 e. The number of amides is 1. The zero-order chi connectivity index (χ0) is 20.3. The van der Waals surface area contributed by atoms with Crippen molar-refractivity contribution in [1.29, 1.82) is 0 Å². The summed E-state index contributed by atoms with van der Waals surface area (Å²) in [7, 11) is 1.57. The van der Waals surface area contributed by atoms with E-state index in [1.807, 2.05) is 13.0 Å². The topological polar surface area (TPSA) is 91.3 Å². The van der Waals surface area contributed by atoms with Crippen LogP contribution in [0.4, 0.5) is 5.69 Å². The van der Waals surface area contributed by atoms with Gasteiger partial charge in [-0.1, -0.05) is 17.7 Å². The smallest absolute Gasteiger partial charge is 0.298 e. The quantitative estimate of drug-likeness (QED) is 0.487. The largest absolute Gasteiger partial charge is 0.538 e. The summed E-state index contributed by atoms with van der Waals surface area (Å²) >= 11 is 7.15. The Bertz CT molecular complexity index is 991. The monoisotopic (exact) mass is 419 g/mol. The Balaban J connectivity index is 1.76. The molecule has 3 aromatic rings. The van der Waals surface area contributed by atoms with Crippen molar-refractivity contribution in [3.63, 3.8) is 0 Å². The lowest BCUT2D eigenvalue weighted by molar-refractivity contribution is -0.705. The van der Waals surface area contributed by atoms with E-state index in [9.17, 15) is 9.90 Å². The molecule has 0 spiro atoms. The van der Waals surface area contributed by atoms with Crippen molar-refractivity contribution in [3.05, 3.63) is 53.1 Å². The van der Waals surface area contributed by atoms with Crippen molar-refractivity contribution in [2.24, 2.45) is 0 Å². The van der Waals surface area contributed by atoms with Gasteiger partial charge in [0, 0.05) is 22.8 Å². The molecule has 0 aliphatic heterocycles. The summed E-state index contributed by atoms with van der Waals surface area (Å²) in [4.78, 5) is 12.5. The van der Waals surface area contributed by atoms with Gasteiger partial charge < -0.3 is 19.7 Å². The van der Waals surface area contributed by atoms with Crippen LogP contribution in [-0.4, -0.2) is 23.5 Å². The van der Waals surface area contributed by atoms with E-state index in [1.54, 1.807) is 50.4 Å². The lowest BCUT2D eigenvalue weighted by atomic mass is 10.2. The molecule has 28 heavy (non-hydrogen) atoms. The van der Waals surface area contributed by atoms with Crippen LogP contribution in [0.2, 0.25) is 5.02 Å². The van der Waals surface area contributed by atoms with Crippen LogP contribution in [0, 0.1) is 6.92 Å². The number of halogens is 1.